The molecule has 20 heavy (non-hydrogen) atoms. The van der Waals surface area contributed by atoms with Crippen LogP contribution in [0.1, 0.15) is 53.1 Å². The number of hydrogen-bond donors (Lipinski definition) is 0. The van der Waals surface area contributed by atoms with Crippen LogP contribution in [0.3, 0.4) is 0 Å². The molecule has 0 atom stereocenters. The molecule has 0 amide bonds. The van der Waals surface area contributed by atoms with E-state index in [0.717, 1.165) is 5.82 Å². The zero-order valence-electron chi connectivity index (χ0n) is 14.0. The van der Waals surface area contributed by atoms with Crippen LogP contribution in [0.5, 0.6) is 0 Å². The molecule has 112 valence electrons. The van der Waals surface area contributed by atoms with Crippen molar-refractivity contribution < 1.29 is 0 Å². The molecule has 5 nitrogen and oxygen atoms in total. The van der Waals surface area contributed by atoms with Crippen molar-refractivity contribution in [1.82, 2.24) is 24.5 Å². The number of nitrogens with zero attached hydrogens (tertiary/aromatic N) is 5. The molecule has 2 aromatic rings. The lowest BCUT2D eigenvalue weighted by Crippen LogP contribution is -2.17. The molecule has 0 aliphatic carbocycles. The maximum Gasteiger partial charge on any atom is 0.138 e. The first-order valence-electron chi connectivity index (χ1n) is 6.86. The van der Waals surface area contributed by atoms with Crippen LogP contribution in [0.25, 0.3) is 0 Å². The molecule has 2 aromatic heterocycles. The number of aryl methyl sites for hydroxylation is 2. The first kappa shape index (κ1) is 16.4. The van der Waals surface area contributed by atoms with Gasteiger partial charge in [0.15, 0.2) is 0 Å². The summed E-state index contributed by atoms with van der Waals surface area (Å²) in [5.74, 6) is 1.02. The van der Waals surface area contributed by atoms with E-state index in [0.29, 0.717) is 0 Å². The smallest absolute Gasteiger partial charge is 0.138 e. The highest BCUT2D eigenvalue weighted by atomic mass is 15.3. The van der Waals surface area contributed by atoms with Crippen LogP contribution in [0, 0.1) is 0 Å². The quantitative estimate of drug-likeness (QED) is 0.744. The molecule has 0 fully saturated rings. The lowest BCUT2D eigenvalue weighted by Gasteiger charge is -2.17. The average molecular weight is 277 g/mol. The summed E-state index contributed by atoms with van der Waals surface area (Å²) in [4.78, 5) is 4.14. The molecule has 0 radical (unpaired) electrons. The van der Waals surface area contributed by atoms with E-state index in [1.54, 1.807) is 11.0 Å². The first-order chi connectivity index (χ1) is 9.03. The molecule has 2 heterocycles. The van der Waals surface area contributed by atoms with Crippen LogP contribution in [-0.2, 0) is 24.9 Å². The molecule has 5 heteroatoms. The highest BCUT2D eigenvalue weighted by Gasteiger charge is 2.18. The molecule has 0 saturated carbocycles. The minimum absolute atomic E-state index is 0.102. The Morgan fingerprint density at radius 2 is 1.45 bits per heavy atom. The van der Waals surface area contributed by atoms with E-state index in [1.807, 2.05) is 25.0 Å². The van der Waals surface area contributed by atoms with Gasteiger partial charge in [0.25, 0.3) is 0 Å². The SMILES string of the molecule is Cn1nccc1C(C)(C)C.Cn1ncnc1C(C)(C)C. The molecule has 0 aliphatic heterocycles. The van der Waals surface area contributed by atoms with Gasteiger partial charge in [0.2, 0.25) is 0 Å². The van der Waals surface area contributed by atoms with Gasteiger partial charge in [-0.2, -0.15) is 10.2 Å². The Hall–Kier alpha value is -1.65. The summed E-state index contributed by atoms with van der Waals surface area (Å²) in [6.45, 7) is 12.9. The Morgan fingerprint density at radius 3 is 1.65 bits per heavy atom. The molecule has 0 aromatic carbocycles. The van der Waals surface area contributed by atoms with Crippen LogP contribution < -0.4 is 0 Å². The van der Waals surface area contributed by atoms with E-state index in [1.165, 1.54) is 5.69 Å². The molecule has 2 rings (SSSR count). The van der Waals surface area contributed by atoms with E-state index in [-0.39, 0.29) is 10.8 Å². The minimum atomic E-state index is 0.102. The molecule has 0 unspecified atom stereocenters. The maximum absolute atomic E-state index is 4.14. The largest absolute Gasteiger partial charge is 0.272 e. The van der Waals surface area contributed by atoms with E-state index in [9.17, 15) is 0 Å². The van der Waals surface area contributed by atoms with Crippen molar-refractivity contribution in [3.63, 3.8) is 0 Å². The van der Waals surface area contributed by atoms with Gasteiger partial charge in [-0.25, -0.2) is 4.98 Å². The van der Waals surface area contributed by atoms with Gasteiger partial charge in [-0.15, -0.1) is 0 Å². The van der Waals surface area contributed by atoms with Crippen LogP contribution >= 0.6 is 0 Å². The monoisotopic (exact) mass is 277 g/mol. The summed E-state index contributed by atoms with van der Waals surface area (Å²) >= 11 is 0. The predicted molar refractivity (Wildman–Crippen MR) is 81.6 cm³/mol. The van der Waals surface area contributed by atoms with E-state index in [4.69, 9.17) is 0 Å². The van der Waals surface area contributed by atoms with Crippen LogP contribution in [0.2, 0.25) is 0 Å². The van der Waals surface area contributed by atoms with Gasteiger partial charge in [-0.05, 0) is 6.07 Å². The Morgan fingerprint density at radius 1 is 0.850 bits per heavy atom. The maximum atomic E-state index is 4.14. The van der Waals surface area contributed by atoms with E-state index in [2.05, 4.69) is 62.8 Å². The van der Waals surface area contributed by atoms with Crippen molar-refractivity contribution in [3.8, 4) is 0 Å². The van der Waals surface area contributed by atoms with E-state index >= 15 is 0 Å². The summed E-state index contributed by atoms with van der Waals surface area (Å²) in [6, 6.07) is 2.06. The van der Waals surface area contributed by atoms with Crippen molar-refractivity contribution in [3.05, 3.63) is 30.1 Å². The molecular formula is C15H27N5. The van der Waals surface area contributed by atoms with Crippen molar-refractivity contribution in [1.29, 1.82) is 0 Å². The first-order valence-corrected chi connectivity index (χ1v) is 6.86. The Labute approximate surface area is 122 Å². The third-order valence-corrected chi connectivity index (χ3v) is 2.97. The van der Waals surface area contributed by atoms with Gasteiger partial charge in [-0.3, -0.25) is 9.36 Å². The Balaban J connectivity index is 0.000000200. The van der Waals surface area contributed by atoms with Crippen LogP contribution in [0.15, 0.2) is 18.6 Å². The normalized spacial score (nSPS) is 12.0. The zero-order valence-corrected chi connectivity index (χ0v) is 14.0. The minimum Gasteiger partial charge on any atom is -0.272 e. The number of aromatic nitrogens is 5. The van der Waals surface area contributed by atoms with Crippen molar-refractivity contribution in [2.24, 2.45) is 14.1 Å². The molecule has 0 N–H and O–H groups in total. The highest BCUT2D eigenvalue weighted by molar-refractivity contribution is 5.11. The number of hydrogen-bond acceptors (Lipinski definition) is 3. The molecular weight excluding hydrogens is 250 g/mol. The van der Waals surface area contributed by atoms with Gasteiger partial charge in [-0.1, -0.05) is 41.5 Å². The Bertz CT molecular complexity index is 487. The van der Waals surface area contributed by atoms with Crippen molar-refractivity contribution in [2.45, 2.75) is 52.4 Å². The zero-order chi connectivity index (χ0) is 15.6. The van der Waals surface area contributed by atoms with E-state index < -0.39 is 0 Å². The van der Waals surface area contributed by atoms with Gasteiger partial charge in [0, 0.05) is 36.8 Å². The van der Waals surface area contributed by atoms with Crippen molar-refractivity contribution >= 4 is 0 Å². The lowest BCUT2D eigenvalue weighted by molar-refractivity contribution is 0.506. The second kappa shape index (κ2) is 5.77. The fourth-order valence-corrected chi connectivity index (χ4v) is 2.08. The van der Waals surface area contributed by atoms with Gasteiger partial charge >= 0.3 is 0 Å². The molecule has 0 bridgehead atoms. The van der Waals surface area contributed by atoms with Gasteiger partial charge < -0.3 is 0 Å². The van der Waals surface area contributed by atoms with Gasteiger partial charge in [0.05, 0.1) is 0 Å². The summed E-state index contributed by atoms with van der Waals surface area (Å²) in [5, 5.41) is 8.09. The van der Waals surface area contributed by atoms with Crippen LogP contribution in [0.4, 0.5) is 0 Å². The fraction of sp³-hybridized carbons (Fsp3) is 0.667. The standard InChI is InChI=1S/C8H14N2.C7H13N3/c1-8(2,3)7-5-6-9-10(7)4;1-7(2,3)6-8-5-9-10(6)4/h5-6H,1-4H3;5H,1-4H3. The second-order valence-electron chi connectivity index (χ2n) is 7.05. The third kappa shape index (κ3) is 4.18. The Kier molecular flexibility index (Phi) is 4.73. The third-order valence-electron chi connectivity index (χ3n) is 2.97. The summed E-state index contributed by atoms with van der Waals surface area (Å²) in [7, 11) is 3.88. The van der Waals surface area contributed by atoms with Crippen molar-refractivity contribution in [2.75, 3.05) is 0 Å². The summed E-state index contributed by atoms with van der Waals surface area (Å²) in [5.41, 5.74) is 1.59. The summed E-state index contributed by atoms with van der Waals surface area (Å²) < 4.78 is 3.72. The summed E-state index contributed by atoms with van der Waals surface area (Å²) in [6.07, 6.45) is 3.42. The number of rotatable bonds is 0. The van der Waals surface area contributed by atoms with Gasteiger partial charge in [0.1, 0.15) is 12.2 Å². The predicted octanol–water partition coefficient (Wildman–Crippen LogP) is 2.83. The van der Waals surface area contributed by atoms with Crippen LogP contribution in [-0.4, -0.2) is 24.5 Å². The average Bonchev–Trinajstić information content (AvgIpc) is 2.85. The molecule has 0 spiro atoms. The highest BCUT2D eigenvalue weighted by Crippen LogP contribution is 2.20. The topological polar surface area (TPSA) is 48.5 Å². The second-order valence-corrected chi connectivity index (χ2v) is 7.05. The molecule has 0 aliphatic rings. The molecule has 0 saturated heterocycles. The lowest BCUT2D eigenvalue weighted by atomic mass is 9.92. The fourth-order valence-electron chi connectivity index (χ4n) is 2.08.